The third kappa shape index (κ3) is 2.28. The molecule has 1 aliphatic rings. The Morgan fingerprint density at radius 2 is 1.94 bits per heavy atom. The first-order chi connectivity index (χ1) is 7.98. The number of carbonyl (C=O) groups excluding carboxylic acids is 1. The van der Waals surface area contributed by atoms with Gasteiger partial charge in [-0.05, 0) is 25.0 Å². The van der Waals surface area contributed by atoms with Crippen LogP contribution in [0.25, 0.3) is 0 Å². The van der Waals surface area contributed by atoms with Crippen LogP contribution in [0.1, 0.15) is 23.2 Å². The van der Waals surface area contributed by atoms with E-state index in [2.05, 4.69) is 0 Å². The van der Waals surface area contributed by atoms with E-state index >= 15 is 0 Å². The molecule has 2 nitrogen and oxygen atoms in total. The summed E-state index contributed by atoms with van der Waals surface area (Å²) >= 11 is 0. The number of benzene rings is 1. The Balaban J connectivity index is 2.06. The fraction of sp³-hybridized carbons (Fsp3) is 0.417. The molecule has 1 fully saturated rings. The zero-order valence-corrected chi connectivity index (χ0v) is 8.96. The lowest BCUT2D eigenvalue weighted by molar-refractivity contribution is -0.194. The van der Waals surface area contributed by atoms with Crippen LogP contribution in [-0.2, 0) is 0 Å². The minimum Gasteiger partial charge on any atom is -0.492 e. The standard InChI is InChI=1S/C12H11F3O2/c13-12(14,15)11(5-6-11)8-17-10-4-2-1-3-9(10)7-16/h1-4,7H,5-6,8H2. The van der Waals surface area contributed by atoms with Gasteiger partial charge in [0.25, 0.3) is 0 Å². The Kier molecular flexibility index (Phi) is 2.85. The smallest absolute Gasteiger partial charge is 0.397 e. The number of carbonyl (C=O) groups is 1. The van der Waals surface area contributed by atoms with Crippen LogP contribution in [-0.4, -0.2) is 19.1 Å². The number of halogens is 3. The van der Waals surface area contributed by atoms with Crippen LogP contribution in [0.2, 0.25) is 0 Å². The molecule has 0 unspecified atom stereocenters. The normalized spacial score (nSPS) is 17.6. The summed E-state index contributed by atoms with van der Waals surface area (Å²) in [6.45, 7) is -0.415. The fourth-order valence-electron chi connectivity index (χ4n) is 1.59. The average molecular weight is 244 g/mol. The molecule has 0 bridgehead atoms. The van der Waals surface area contributed by atoms with Gasteiger partial charge in [-0.25, -0.2) is 0 Å². The van der Waals surface area contributed by atoms with Gasteiger partial charge in [-0.15, -0.1) is 0 Å². The lowest BCUT2D eigenvalue weighted by Gasteiger charge is -2.19. The third-order valence-corrected chi connectivity index (χ3v) is 3.00. The summed E-state index contributed by atoms with van der Waals surface area (Å²) in [5, 5.41) is 0. The average Bonchev–Trinajstić information content (AvgIpc) is 3.07. The summed E-state index contributed by atoms with van der Waals surface area (Å²) in [6, 6.07) is 6.26. The van der Waals surface area contributed by atoms with Crippen LogP contribution >= 0.6 is 0 Å². The summed E-state index contributed by atoms with van der Waals surface area (Å²) in [5.41, 5.74) is -1.44. The van der Waals surface area contributed by atoms with E-state index in [0.29, 0.717) is 6.29 Å². The molecular weight excluding hydrogens is 233 g/mol. The predicted molar refractivity (Wildman–Crippen MR) is 55.0 cm³/mol. The Labute approximate surface area is 96.4 Å². The molecule has 92 valence electrons. The summed E-state index contributed by atoms with van der Waals surface area (Å²) in [5.74, 6) is 0.207. The lowest BCUT2D eigenvalue weighted by Crippen LogP contribution is -2.30. The molecule has 0 aliphatic heterocycles. The van der Waals surface area contributed by atoms with Gasteiger partial charge in [0, 0.05) is 0 Å². The highest BCUT2D eigenvalue weighted by Gasteiger charge is 2.63. The largest absolute Gasteiger partial charge is 0.492 e. The first-order valence-corrected chi connectivity index (χ1v) is 5.22. The Morgan fingerprint density at radius 3 is 2.47 bits per heavy atom. The molecule has 0 amide bonds. The highest BCUT2D eigenvalue weighted by Crippen LogP contribution is 2.57. The van der Waals surface area contributed by atoms with Crippen molar-refractivity contribution < 1.29 is 22.7 Å². The number of hydrogen-bond donors (Lipinski definition) is 0. The van der Waals surface area contributed by atoms with Crippen LogP contribution in [0.15, 0.2) is 24.3 Å². The minimum absolute atomic E-state index is 0.0970. The summed E-state index contributed by atoms with van der Waals surface area (Å²) in [4.78, 5) is 10.7. The highest BCUT2D eigenvalue weighted by atomic mass is 19.4. The Hall–Kier alpha value is -1.52. The number of hydrogen-bond acceptors (Lipinski definition) is 2. The molecule has 17 heavy (non-hydrogen) atoms. The molecular formula is C12H11F3O2. The number of ether oxygens (including phenoxy) is 1. The van der Waals surface area contributed by atoms with E-state index in [0.717, 1.165) is 0 Å². The maximum atomic E-state index is 12.6. The van der Waals surface area contributed by atoms with Crippen molar-refractivity contribution in [3.05, 3.63) is 29.8 Å². The highest BCUT2D eigenvalue weighted by molar-refractivity contribution is 5.79. The number of alkyl halides is 3. The van der Waals surface area contributed by atoms with E-state index in [1.807, 2.05) is 0 Å². The maximum absolute atomic E-state index is 12.6. The summed E-state index contributed by atoms with van der Waals surface area (Å²) in [7, 11) is 0. The van der Waals surface area contributed by atoms with Crippen molar-refractivity contribution in [1.29, 1.82) is 0 Å². The van der Waals surface area contributed by atoms with Gasteiger partial charge in [0.05, 0.1) is 5.56 Å². The molecule has 0 spiro atoms. The number of rotatable bonds is 4. The zero-order valence-electron chi connectivity index (χ0n) is 8.96. The molecule has 0 saturated heterocycles. The Bertz CT molecular complexity index is 422. The second kappa shape index (κ2) is 4.05. The van der Waals surface area contributed by atoms with Crippen molar-refractivity contribution in [1.82, 2.24) is 0 Å². The van der Waals surface area contributed by atoms with Crippen LogP contribution in [0.3, 0.4) is 0 Å². The van der Waals surface area contributed by atoms with Crippen molar-refractivity contribution >= 4 is 6.29 Å². The van der Waals surface area contributed by atoms with Crippen molar-refractivity contribution in [2.24, 2.45) is 5.41 Å². The molecule has 0 radical (unpaired) electrons. The predicted octanol–water partition coefficient (Wildman–Crippen LogP) is 3.22. The molecule has 0 heterocycles. The minimum atomic E-state index is -4.23. The third-order valence-electron chi connectivity index (χ3n) is 3.00. The SMILES string of the molecule is O=Cc1ccccc1OCC1(C(F)(F)F)CC1. The summed E-state index contributed by atoms with van der Waals surface area (Å²) < 4.78 is 43.0. The molecule has 1 aromatic carbocycles. The van der Waals surface area contributed by atoms with E-state index < -0.39 is 18.2 Å². The Morgan fingerprint density at radius 1 is 1.29 bits per heavy atom. The van der Waals surface area contributed by atoms with Crippen LogP contribution in [0.5, 0.6) is 5.75 Å². The van der Waals surface area contributed by atoms with E-state index in [1.54, 1.807) is 12.1 Å². The van der Waals surface area contributed by atoms with E-state index in [4.69, 9.17) is 4.74 Å². The topological polar surface area (TPSA) is 26.3 Å². The van der Waals surface area contributed by atoms with Gasteiger partial charge in [-0.3, -0.25) is 4.79 Å². The fourth-order valence-corrected chi connectivity index (χ4v) is 1.59. The van der Waals surface area contributed by atoms with Crippen molar-refractivity contribution in [2.45, 2.75) is 19.0 Å². The first kappa shape index (κ1) is 12.0. The van der Waals surface area contributed by atoms with Gasteiger partial charge in [0.1, 0.15) is 17.8 Å². The van der Waals surface area contributed by atoms with Gasteiger partial charge in [0.15, 0.2) is 6.29 Å². The molecule has 5 heteroatoms. The van der Waals surface area contributed by atoms with Crippen molar-refractivity contribution in [2.75, 3.05) is 6.61 Å². The molecule has 1 saturated carbocycles. The maximum Gasteiger partial charge on any atom is 0.397 e. The van der Waals surface area contributed by atoms with E-state index in [-0.39, 0.29) is 24.2 Å². The van der Waals surface area contributed by atoms with Gasteiger partial charge in [0.2, 0.25) is 0 Å². The van der Waals surface area contributed by atoms with Gasteiger partial charge < -0.3 is 4.74 Å². The van der Waals surface area contributed by atoms with Crippen LogP contribution < -0.4 is 4.74 Å². The number of aldehydes is 1. The van der Waals surface area contributed by atoms with E-state index in [1.165, 1.54) is 12.1 Å². The van der Waals surface area contributed by atoms with Crippen LogP contribution in [0, 0.1) is 5.41 Å². The second-order valence-corrected chi connectivity index (χ2v) is 4.22. The first-order valence-electron chi connectivity index (χ1n) is 5.22. The molecule has 1 aliphatic carbocycles. The number of para-hydroxylation sites is 1. The quantitative estimate of drug-likeness (QED) is 0.760. The molecule has 0 atom stereocenters. The van der Waals surface area contributed by atoms with E-state index in [9.17, 15) is 18.0 Å². The van der Waals surface area contributed by atoms with Gasteiger partial charge in [-0.2, -0.15) is 13.2 Å². The van der Waals surface area contributed by atoms with Gasteiger partial charge >= 0.3 is 6.18 Å². The van der Waals surface area contributed by atoms with Crippen molar-refractivity contribution in [3.8, 4) is 5.75 Å². The molecule has 0 aromatic heterocycles. The lowest BCUT2D eigenvalue weighted by atomic mass is 10.1. The van der Waals surface area contributed by atoms with Gasteiger partial charge in [-0.1, -0.05) is 12.1 Å². The zero-order chi connectivity index (χ0) is 12.5. The van der Waals surface area contributed by atoms with Crippen molar-refractivity contribution in [3.63, 3.8) is 0 Å². The van der Waals surface area contributed by atoms with Crippen LogP contribution in [0.4, 0.5) is 13.2 Å². The molecule has 1 aromatic rings. The monoisotopic (exact) mass is 244 g/mol. The second-order valence-electron chi connectivity index (χ2n) is 4.22. The molecule has 2 rings (SSSR count). The molecule has 0 N–H and O–H groups in total. The summed E-state index contributed by atoms with van der Waals surface area (Å²) in [6.07, 6.45) is -3.47.